The zero-order valence-corrected chi connectivity index (χ0v) is 24.0. The Morgan fingerprint density at radius 3 is 2.00 bits per heavy atom. The van der Waals surface area contributed by atoms with Gasteiger partial charge < -0.3 is 11.1 Å². The number of aryl methyl sites for hydroxylation is 2. The van der Waals surface area contributed by atoms with Crippen molar-refractivity contribution in [3.05, 3.63) is 53.9 Å². The Bertz CT molecular complexity index is 1040. The average molecular weight is 518 g/mol. The van der Waals surface area contributed by atoms with Gasteiger partial charge in [-0.25, -0.2) is 33.7 Å². The van der Waals surface area contributed by atoms with Gasteiger partial charge in [0.25, 0.3) is 0 Å². The summed E-state index contributed by atoms with van der Waals surface area (Å²) in [5.74, 6) is 0.867. The summed E-state index contributed by atoms with van der Waals surface area (Å²) in [6.45, 7) is 25.2. The van der Waals surface area contributed by atoms with E-state index >= 15 is 0 Å². The molecule has 0 spiro atoms. The predicted molar refractivity (Wildman–Crippen MR) is 152 cm³/mol. The fraction of sp³-hybridized carbons (Fsp3) is 0.536. The summed E-state index contributed by atoms with van der Waals surface area (Å²) in [5, 5.41) is 3.36. The molecule has 0 aromatic carbocycles. The SMILES string of the molecule is C=C(C)NC1(C)CCC1.C=C(c1cnc(N=C(C)C)c(C)n1)c1cnc(N)nc1C.CC.CCC(F)F. The van der Waals surface area contributed by atoms with Crippen LogP contribution in [0.15, 0.2) is 36.2 Å². The van der Waals surface area contributed by atoms with Crippen LogP contribution in [0.5, 0.6) is 0 Å². The van der Waals surface area contributed by atoms with Crippen molar-refractivity contribution in [2.24, 2.45) is 4.99 Å². The second-order valence-electron chi connectivity index (χ2n) is 9.05. The van der Waals surface area contributed by atoms with E-state index in [9.17, 15) is 8.78 Å². The van der Waals surface area contributed by atoms with E-state index in [0.29, 0.717) is 22.6 Å². The Kier molecular flexibility index (Phi) is 15.1. The molecule has 2 aromatic heterocycles. The molecule has 0 aliphatic heterocycles. The molecule has 0 unspecified atom stereocenters. The van der Waals surface area contributed by atoms with Crippen LogP contribution in [-0.2, 0) is 0 Å². The minimum Gasteiger partial charge on any atom is -0.384 e. The van der Waals surface area contributed by atoms with E-state index in [-0.39, 0.29) is 12.4 Å². The normalized spacial score (nSPS) is 12.8. The molecule has 0 radical (unpaired) electrons. The number of rotatable bonds is 6. The van der Waals surface area contributed by atoms with Crippen molar-refractivity contribution in [3.63, 3.8) is 0 Å². The number of aliphatic imine (C=N–C) groups is 1. The van der Waals surface area contributed by atoms with Crippen LogP contribution in [0.2, 0.25) is 0 Å². The molecule has 1 saturated carbocycles. The van der Waals surface area contributed by atoms with E-state index in [0.717, 1.165) is 28.4 Å². The highest BCUT2D eigenvalue weighted by atomic mass is 19.3. The second kappa shape index (κ2) is 16.5. The van der Waals surface area contributed by atoms with E-state index < -0.39 is 6.43 Å². The molecule has 1 fully saturated rings. The maximum absolute atomic E-state index is 10.8. The summed E-state index contributed by atoms with van der Waals surface area (Å²) in [6, 6.07) is 0. The van der Waals surface area contributed by atoms with Crippen molar-refractivity contribution >= 4 is 23.1 Å². The second-order valence-corrected chi connectivity index (χ2v) is 9.05. The Hall–Kier alpha value is -3.23. The number of nitrogen functional groups attached to an aromatic ring is 1. The van der Waals surface area contributed by atoms with Gasteiger partial charge in [0.15, 0.2) is 5.82 Å². The van der Waals surface area contributed by atoms with Crippen molar-refractivity contribution in [1.29, 1.82) is 0 Å². The summed E-state index contributed by atoms with van der Waals surface area (Å²) < 4.78 is 21.5. The molecule has 1 aliphatic carbocycles. The molecule has 0 amide bonds. The van der Waals surface area contributed by atoms with Gasteiger partial charge >= 0.3 is 0 Å². The van der Waals surface area contributed by atoms with Crippen LogP contribution in [0, 0.1) is 13.8 Å². The van der Waals surface area contributed by atoms with Crippen LogP contribution >= 0.6 is 0 Å². The third kappa shape index (κ3) is 12.5. The number of alkyl halides is 2. The van der Waals surface area contributed by atoms with Crippen molar-refractivity contribution in [3.8, 4) is 0 Å². The smallest absolute Gasteiger partial charge is 0.238 e. The number of hydrogen-bond acceptors (Lipinski definition) is 7. The molecule has 0 atom stereocenters. The first-order valence-corrected chi connectivity index (χ1v) is 12.6. The number of aromatic nitrogens is 4. The van der Waals surface area contributed by atoms with Crippen LogP contribution in [0.25, 0.3) is 5.57 Å². The maximum atomic E-state index is 10.8. The van der Waals surface area contributed by atoms with Gasteiger partial charge in [-0.15, -0.1) is 0 Å². The first kappa shape index (κ1) is 33.8. The van der Waals surface area contributed by atoms with Gasteiger partial charge in [0.1, 0.15) is 0 Å². The lowest BCUT2D eigenvalue weighted by atomic mass is 9.78. The molecule has 37 heavy (non-hydrogen) atoms. The van der Waals surface area contributed by atoms with Crippen molar-refractivity contribution in [2.75, 3.05) is 5.73 Å². The van der Waals surface area contributed by atoms with Crippen LogP contribution in [0.4, 0.5) is 20.5 Å². The minimum atomic E-state index is -2.12. The first-order chi connectivity index (χ1) is 17.3. The summed E-state index contributed by atoms with van der Waals surface area (Å²) in [7, 11) is 0. The van der Waals surface area contributed by atoms with Gasteiger partial charge in [-0.05, 0) is 60.8 Å². The number of nitrogens with one attached hydrogen (secondary N) is 1. The Balaban J connectivity index is 0.000000666. The third-order valence-corrected chi connectivity index (χ3v) is 5.16. The van der Waals surface area contributed by atoms with Crippen molar-refractivity contribution in [2.45, 2.75) is 100.0 Å². The van der Waals surface area contributed by atoms with Gasteiger partial charge in [-0.3, -0.25) is 0 Å². The number of nitrogens with two attached hydrogens (primary N) is 1. The lowest BCUT2D eigenvalue weighted by Gasteiger charge is -2.40. The molecule has 0 saturated heterocycles. The Labute approximate surface area is 221 Å². The lowest BCUT2D eigenvalue weighted by molar-refractivity contribution is 0.144. The van der Waals surface area contributed by atoms with Crippen molar-refractivity contribution < 1.29 is 8.78 Å². The molecule has 0 bridgehead atoms. The quantitative estimate of drug-likeness (QED) is 0.388. The molecular weight excluding hydrogens is 472 g/mol. The average Bonchev–Trinajstić information content (AvgIpc) is 2.80. The third-order valence-electron chi connectivity index (χ3n) is 5.16. The zero-order valence-electron chi connectivity index (χ0n) is 24.0. The van der Waals surface area contributed by atoms with Crippen molar-refractivity contribution in [1.82, 2.24) is 25.3 Å². The van der Waals surface area contributed by atoms with Crippen LogP contribution in [0.3, 0.4) is 0 Å². The fourth-order valence-electron chi connectivity index (χ4n) is 3.21. The van der Waals surface area contributed by atoms with E-state index in [1.165, 1.54) is 26.2 Å². The van der Waals surface area contributed by atoms with E-state index in [4.69, 9.17) is 5.73 Å². The Morgan fingerprint density at radius 2 is 1.65 bits per heavy atom. The summed E-state index contributed by atoms with van der Waals surface area (Å²) in [4.78, 5) is 21.3. The molecule has 9 heteroatoms. The summed E-state index contributed by atoms with van der Waals surface area (Å²) in [6.07, 6.45) is 5.15. The number of anilines is 1. The fourth-order valence-corrected chi connectivity index (χ4v) is 3.21. The zero-order chi connectivity index (χ0) is 28.8. The van der Waals surface area contributed by atoms with Gasteiger partial charge in [0, 0.05) is 40.7 Å². The molecule has 3 N–H and O–H groups in total. The topological polar surface area (TPSA) is 102 Å². The molecule has 2 heterocycles. The van der Waals surface area contributed by atoms with Gasteiger partial charge in [-0.1, -0.05) is 33.9 Å². The van der Waals surface area contributed by atoms with E-state index in [1.54, 1.807) is 12.4 Å². The molecule has 2 aromatic rings. The van der Waals surface area contributed by atoms with Gasteiger partial charge in [0.05, 0.1) is 23.3 Å². The lowest BCUT2D eigenvalue weighted by Crippen LogP contribution is -2.46. The summed E-state index contributed by atoms with van der Waals surface area (Å²) >= 11 is 0. The highest BCUT2D eigenvalue weighted by Crippen LogP contribution is 2.31. The van der Waals surface area contributed by atoms with Crippen LogP contribution in [-0.4, -0.2) is 37.6 Å². The monoisotopic (exact) mass is 517 g/mol. The van der Waals surface area contributed by atoms with E-state index in [2.05, 4.69) is 50.3 Å². The number of halogens is 2. The highest BCUT2D eigenvalue weighted by Gasteiger charge is 2.30. The molecule has 7 nitrogen and oxygen atoms in total. The maximum Gasteiger partial charge on any atom is 0.238 e. The van der Waals surface area contributed by atoms with Gasteiger partial charge in [-0.2, -0.15) is 0 Å². The first-order valence-electron chi connectivity index (χ1n) is 12.6. The standard InChI is InChI=1S/C15H18N6.C8H15N.C3H6F2.C2H6/c1-8(2)19-14-11(5)20-13(7-17-14)9(3)12-6-18-15(16)21-10(12)4;1-7(2)9-8(3)5-4-6-8;1-2-3(4)5;1-2/h6-7H,3H2,1-2,4-5H3,(H2,16,18,21);9H,1,4-6H2,2-3H3;3H,2H2,1H3;1-2H3. The minimum absolute atomic E-state index is 0.0278. The van der Waals surface area contributed by atoms with Crippen LogP contribution < -0.4 is 11.1 Å². The number of allylic oxidation sites excluding steroid dienone is 1. The van der Waals surface area contributed by atoms with Gasteiger partial charge in [0.2, 0.25) is 12.4 Å². The molecule has 1 aliphatic rings. The molecular formula is C28H45F2N7. The number of nitrogens with zero attached hydrogens (tertiary/aromatic N) is 5. The number of hydrogen-bond donors (Lipinski definition) is 2. The molecule has 206 valence electrons. The van der Waals surface area contributed by atoms with E-state index in [1.807, 2.05) is 48.5 Å². The summed E-state index contributed by atoms with van der Waals surface area (Å²) in [5.41, 5.74) is 11.7. The highest BCUT2D eigenvalue weighted by molar-refractivity contribution is 5.82. The largest absolute Gasteiger partial charge is 0.384 e. The Morgan fingerprint density at radius 1 is 1.08 bits per heavy atom. The predicted octanol–water partition coefficient (Wildman–Crippen LogP) is 7.38. The molecule has 3 rings (SSSR count). The van der Waals surface area contributed by atoms with Crippen LogP contribution in [0.1, 0.15) is 96.8 Å².